The molecule has 0 bridgehead atoms. The van der Waals surface area contributed by atoms with E-state index < -0.39 is 5.63 Å². The van der Waals surface area contributed by atoms with Crippen molar-refractivity contribution in [1.29, 1.82) is 0 Å². The number of carbonyl (C=O) groups excluding carboxylic acids is 1. The number of nitrogens with zero attached hydrogens (tertiary/aromatic N) is 1. The summed E-state index contributed by atoms with van der Waals surface area (Å²) in [5.41, 5.74) is -0.0704. The Balaban J connectivity index is 1.74. The molecule has 0 aliphatic carbocycles. The second-order valence-corrected chi connectivity index (χ2v) is 6.41. The van der Waals surface area contributed by atoms with Gasteiger partial charge in [0.25, 0.3) is 5.91 Å². The van der Waals surface area contributed by atoms with Gasteiger partial charge in [0.05, 0.1) is 6.26 Å². The predicted octanol–water partition coefficient (Wildman–Crippen LogP) is 3.27. The first-order valence-corrected chi connectivity index (χ1v) is 8.28. The van der Waals surface area contributed by atoms with Crippen LogP contribution in [0.1, 0.15) is 21.5 Å². The van der Waals surface area contributed by atoms with Gasteiger partial charge in [0.2, 0.25) is 0 Å². The zero-order chi connectivity index (χ0) is 15.8. The molecule has 1 atom stereocenters. The van der Waals surface area contributed by atoms with Crippen molar-refractivity contribution < 1.29 is 13.6 Å². The fraction of sp³-hybridized carbons (Fsp3) is 0.176. The van der Waals surface area contributed by atoms with Crippen molar-refractivity contribution in [3.8, 4) is 0 Å². The fourth-order valence-electron chi connectivity index (χ4n) is 2.71. The van der Waals surface area contributed by atoms with E-state index in [1.54, 1.807) is 47.2 Å². The van der Waals surface area contributed by atoms with Crippen LogP contribution in [0.3, 0.4) is 0 Å². The largest absolute Gasteiger partial charge is 0.466 e. The number of hydrogen-bond donors (Lipinski definition) is 0. The monoisotopic (exact) mass is 327 g/mol. The number of amides is 1. The molecule has 23 heavy (non-hydrogen) atoms. The molecule has 0 saturated carbocycles. The molecule has 1 amide bonds. The fourth-order valence-corrected chi connectivity index (χ4v) is 3.92. The van der Waals surface area contributed by atoms with E-state index in [4.69, 9.17) is 8.83 Å². The Morgan fingerprint density at radius 2 is 2.09 bits per heavy atom. The molecule has 3 heterocycles. The maximum Gasteiger partial charge on any atom is 0.349 e. The van der Waals surface area contributed by atoms with Crippen molar-refractivity contribution in [3.05, 3.63) is 70.5 Å². The number of para-hydroxylation sites is 1. The van der Waals surface area contributed by atoms with Gasteiger partial charge in [0.1, 0.15) is 22.3 Å². The van der Waals surface area contributed by atoms with Gasteiger partial charge in [-0.25, -0.2) is 4.79 Å². The number of thioether (sulfide) groups is 1. The maximum atomic E-state index is 12.8. The smallest absolute Gasteiger partial charge is 0.349 e. The summed E-state index contributed by atoms with van der Waals surface area (Å²) in [6.45, 7) is 0.571. The van der Waals surface area contributed by atoms with Gasteiger partial charge in [-0.1, -0.05) is 18.2 Å². The highest BCUT2D eigenvalue weighted by molar-refractivity contribution is 7.99. The quantitative estimate of drug-likeness (QED) is 0.676. The number of benzene rings is 1. The standard InChI is InChI=1S/C17H13NO4S/c19-15(18-7-9-23-16(18)14-6-3-8-21-14)12-10-11-4-1-2-5-13(11)22-17(12)20/h1-6,8,10,16H,7,9H2/t16-/m1/s1. The Labute approximate surface area is 135 Å². The highest BCUT2D eigenvalue weighted by atomic mass is 32.2. The lowest BCUT2D eigenvalue weighted by atomic mass is 10.1. The average Bonchev–Trinajstić information content (AvgIpc) is 3.24. The van der Waals surface area contributed by atoms with Gasteiger partial charge in [0.15, 0.2) is 0 Å². The molecule has 5 nitrogen and oxygen atoms in total. The van der Waals surface area contributed by atoms with E-state index >= 15 is 0 Å². The van der Waals surface area contributed by atoms with Crippen LogP contribution in [-0.4, -0.2) is 23.1 Å². The summed E-state index contributed by atoms with van der Waals surface area (Å²) in [5.74, 6) is 1.19. The normalized spacial score (nSPS) is 17.7. The zero-order valence-electron chi connectivity index (χ0n) is 12.1. The van der Waals surface area contributed by atoms with Gasteiger partial charge in [-0.05, 0) is 24.3 Å². The first-order valence-electron chi connectivity index (χ1n) is 7.23. The average molecular weight is 327 g/mol. The minimum absolute atomic E-state index is 0.0581. The van der Waals surface area contributed by atoms with Gasteiger partial charge in [-0.15, -0.1) is 11.8 Å². The molecule has 3 aromatic rings. The summed E-state index contributed by atoms with van der Waals surface area (Å²) >= 11 is 1.62. The second kappa shape index (κ2) is 5.62. The molecule has 116 valence electrons. The molecule has 0 N–H and O–H groups in total. The molecule has 1 aliphatic rings. The first kappa shape index (κ1) is 14.1. The van der Waals surface area contributed by atoms with Crippen LogP contribution >= 0.6 is 11.8 Å². The third kappa shape index (κ3) is 2.45. The number of carbonyl (C=O) groups is 1. The Morgan fingerprint density at radius 3 is 2.91 bits per heavy atom. The van der Waals surface area contributed by atoms with Gasteiger partial charge < -0.3 is 13.7 Å². The van der Waals surface area contributed by atoms with E-state index in [0.29, 0.717) is 17.9 Å². The number of furan rings is 1. The number of hydrogen-bond acceptors (Lipinski definition) is 5. The Bertz CT molecular complexity index is 916. The molecule has 0 unspecified atom stereocenters. The van der Waals surface area contributed by atoms with Crippen LogP contribution < -0.4 is 5.63 Å². The van der Waals surface area contributed by atoms with Crippen LogP contribution in [0.4, 0.5) is 0 Å². The van der Waals surface area contributed by atoms with Crippen molar-refractivity contribution in [3.63, 3.8) is 0 Å². The van der Waals surface area contributed by atoms with Crippen molar-refractivity contribution in [2.45, 2.75) is 5.37 Å². The van der Waals surface area contributed by atoms with Gasteiger partial charge in [-0.3, -0.25) is 4.79 Å². The van der Waals surface area contributed by atoms with Crippen LogP contribution in [-0.2, 0) is 0 Å². The Morgan fingerprint density at radius 1 is 1.22 bits per heavy atom. The SMILES string of the molecule is O=C(c1cc2ccccc2oc1=O)N1CCS[C@@H]1c1ccco1. The molecule has 4 rings (SSSR count). The molecule has 1 aromatic carbocycles. The number of fused-ring (bicyclic) bond motifs is 1. The third-order valence-corrected chi connectivity index (χ3v) is 5.03. The van der Waals surface area contributed by atoms with Crippen LogP contribution in [0.15, 0.2) is 62.4 Å². The minimum atomic E-state index is -0.608. The molecule has 1 fully saturated rings. The molecule has 2 aromatic heterocycles. The molecule has 0 radical (unpaired) electrons. The molecule has 6 heteroatoms. The topological polar surface area (TPSA) is 63.7 Å². The summed E-state index contributed by atoms with van der Waals surface area (Å²) in [6.07, 6.45) is 1.58. The summed E-state index contributed by atoms with van der Waals surface area (Å²) < 4.78 is 10.7. The van der Waals surface area contributed by atoms with E-state index in [-0.39, 0.29) is 16.8 Å². The van der Waals surface area contributed by atoms with Crippen LogP contribution in [0.25, 0.3) is 11.0 Å². The van der Waals surface area contributed by atoms with E-state index in [0.717, 1.165) is 11.1 Å². The first-order chi connectivity index (χ1) is 11.2. The van der Waals surface area contributed by atoms with Gasteiger partial charge in [0, 0.05) is 17.7 Å². The lowest BCUT2D eigenvalue weighted by Gasteiger charge is -2.21. The summed E-state index contributed by atoms with van der Waals surface area (Å²) in [7, 11) is 0. The Kier molecular flexibility index (Phi) is 3.46. The highest BCUT2D eigenvalue weighted by Gasteiger charge is 2.34. The van der Waals surface area contributed by atoms with Crippen molar-refractivity contribution in [2.24, 2.45) is 0 Å². The van der Waals surface area contributed by atoms with Crippen molar-refractivity contribution in [1.82, 2.24) is 4.90 Å². The molecular weight excluding hydrogens is 314 g/mol. The van der Waals surface area contributed by atoms with Crippen LogP contribution in [0, 0.1) is 0 Å². The number of rotatable bonds is 2. The molecule has 0 spiro atoms. The van der Waals surface area contributed by atoms with Gasteiger partial charge in [-0.2, -0.15) is 0 Å². The molecule has 1 aliphatic heterocycles. The highest BCUT2D eigenvalue weighted by Crippen LogP contribution is 2.38. The Hall–Kier alpha value is -2.47. The lowest BCUT2D eigenvalue weighted by Crippen LogP contribution is -2.33. The zero-order valence-corrected chi connectivity index (χ0v) is 12.9. The maximum absolute atomic E-state index is 12.8. The lowest BCUT2D eigenvalue weighted by molar-refractivity contribution is 0.0745. The van der Waals surface area contributed by atoms with Crippen molar-refractivity contribution >= 4 is 28.6 Å². The van der Waals surface area contributed by atoms with Crippen molar-refractivity contribution in [2.75, 3.05) is 12.3 Å². The van der Waals surface area contributed by atoms with E-state index in [1.807, 2.05) is 18.2 Å². The van der Waals surface area contributed by atoms with E-state index in [9.17, 15) is 9.59 Å². The minimum Gasteiger partial charge on any atom is -0.466 e. The summed E-state index contributed by atoms with van der Waals surface area (Å²) in [4.78, 5) is 26.7. The third-order valence-electron chi connectivity index (χ3n) is 3.81. The summed E-state index contributed by atoms with van der Waals surface area (Å²) in [6, 6.07) is 12.4. The summed E-state index contributed by atoms with van der Waals surface area (Å²) in [5, 5.41) is 0.528. The van der Waals surface area contributed by atoms with E-state index in [1.165, 1.54) is 0 Å². The van der Waals surface area contributed by atoms with Crippen LogP contribution in [0.2, 0.25) is 0 Å². The molecular formula is C17H13NO4S. The van der Waals surface area contributed by atoms with E-state index in [2.05, 4.69) is 0 Å². The second-order valence-electron chi connectivity index (χ2n) is 5.22. The predicted molar refractivity (Wildman–Crippen MR) is 87.4 cm³/mol. The van der Waals surface area contributed by atoms with Gasteiger partial charge >= 0.3 is 5.63 Å². The molecule has 1 saturated heterocycles. The van der Waals surface area contributed by atoms with Crippen LogP contribution in [0.5, 0.6) is 0 Å².